The molecule has 7 heteroatoms. The largest absolute Gasteiger partial charge is 0.369 e. The summed E-state index contributed by atoms with van der Waals surface area (Å²) >= 11 is 0. The zero-order valence-electron chi connectivity index (χ0n) is 7.89. The van der Waals surface area contributed by atoms with Crippen molar-refractivity contribution < 1.29 is 0 Å². The Balaban J connectivity index is 4.17. The SMILES string of the molecule is CCC(C)N(NC(=N)N)NC(=N)N. The number of rotatable bonds is 4. The molecule has 0 radical (unpaired) electrons. The van der Waals surface area contributed by atoms with E-state index in [2.05, 4.69) is 10.9 Å². The number of nitrogens with zero attached hydrogens (tertiary/aromatic N) is 1. The number of hydrogen-bond donors (Lipinski definition) is 6. The van der Waals surface area contributed by atoms with Gasteiger partial charge in [-0.15, -0.1) is 5.12 Å². The van der Waals surface area contributed by atoms with Crippen LogP contribution >= 0.6 is 0 Å². The highest BCUT2D eigenvalue weighted by molar-refractivity contribution is 5.76. The molecule has 0 aliphatic carbocycles. The second-order valence-electron chi connectivity index (χ2n) is 2.68. The van der Waals surface area contributed by atoms with Gasteiger partial charge in [0.25, 0.3) is 0 Å². The molecular formula is C6H17N7. The molecule has 0 spiro atoms. The molecule has 0 aromatic rings. The summed E-state index contributed by atoms with van der Waals surface area (Å²) in [5.41, 5.74) is 15.3. The molecule has 7 nitrogen and oxygen atoms in total. The van der Waals surface area contributed by atoms with E-state index in [1.54, 1.807) is 0 Å². The van der Waals surface area contributed by atoms with Crippen LogP contribution in [0.3, 0.4) is 0 Å². The Hall–Kier alpha value is -1.50. The van der Waals surface area contributed by atoms with Crippen molar-refractivity contribution in [3.05, 3.63) is 0 Å². The lowest BCUT2D eigenvalue weighted by Gasteiger charge is -2.28. The van der Waals surface area contributed by atoms with E-state index < -0.39 is 0 Å². The summed E-state index contributed by atoms with van der Waals surface area (Å²) in [5.74, 6) is -0.400. The standard InChI is InChI=1S/C6H17N7/c1-3-4(2)13(11-5(7)8)12-6(9)10/h4H,3H2,1-2H3,(H4,7,8,11)(H4,9,10,12). The van der Waals surface area contributed by atoms with Crippen molar-refractivity contribution in [3.8, 4) is 0 Å². The van der Waals surface area contributed by atoms with Gasteiger partial charge in [-0.1, -0.05) is 6.92 Å². The number of nitrogens with two attached hydrogens (primary N) is 2. The third kappa shape index (κ3) is 4.86. The predicted octanol–water partition coefficient (Wildman–Crippen LogP) is -1.12. The Morgan fingerprint density at radius 1 is 1.31 bits per heavy atom. The van der Waals surface area contributed by atoms with Gasteiger partial charge >= 0.3 is 0 Å². The minimum atomic E-state index is -0.200. The maximum Gasteiger partial charge on any atom is 0.202 e. The molecule has 0 aliphatic rings. The van der Waals surface area contributed by atoms with Crippen LogP contribution in [0, 0.1) is 10.8 Å². The average molecular weight is 187 g/mol. The van der Waals surface area contributed by atoms with Crippen molar-refractivity contribution in [2.24, 2.45) is 11.5 Å². The normalized spacial score (nSPS) is 12.2. The number of hydrazine groups is 2. The van der Waals surface area contributed by atoms with Crippen LogP contribution in [0.1, 0.15) is 20.3 Å². The second-order valence-corrected chi connectivity index (χ2v) is 2.68. The first-order valence-corrected chi connectivity index (χ1v) is 3.98. The molecule has 0 amide bonds. The summed E-state index contributed by atoms with van der Waals surface area (Å²) in [5, 5.41) is 15.4. The third-order valence-corrected chi connectivity index (χ3v) is 1.51. The minimum Gasteiger partial charge on any atom is -0.369 e. The van der Waals surface area contributed by atoms with Gasteiger partial charge in [0.15, 0.2) is 0 Å². The van der Waals surface area contributed by atoms with E-state index in [0.717, 1.165) is 6.42 Å². The van der Waals surface area contributed by atoms with E-state index in [0.29, 0.717) is 0 Å². The van der Waals surface area contributed by atoms with E-state index in [-0.39, 0.29) is 18.0 Å². The van der Waals surface area contributed by atoms with Crippen LogP contribution in [0.4, 0.5) is 0 Å². The van der Waals surface area contributed by atoms with E-state index in [1.165, 1.54) is 5.12 Å². The topological polar surface area (TPSA) is 127 Å². The smallest absolute Gasteiger partial charge is 0.202 e. The lowest BCUT2D eigenvalue weighted by atomic mass is 10.3. The van der Waals surface area contributed by atoms with E-state index in [1.807, 2.05) is 13.8 Å². The van der Waals surface area contributed by atoms with Gasteiger partial charge in [-0.3, -0.25) is 21.7 Å². The van der Waals surface area contributed by atoms with E-state index in [4.69, 9.17) is 22.3 Å². The monoisotopic (exact) mass is 187 g/mol. The Bertz CT molecular complexity index is 173. The molecule has 0 aromatic heterocycles. The van der Waals surface area contributed by atoms with Crippen molar-refractivity contribution in [1.82, 2.24) is 16.0 Å². The Labute approximate surface area is 77.4 Å². The molecule has 0 saturated heterocycles. The van der Waals surface area contributed by atoms with Crippen LogP contribution < -0.4 is 22.3 Å². The predicted molar refractivity (Wildman–Crippen MR) is 51.7 cm³/mol. The minimum absolute atomic E-state index is 0.0767. The second kappa shape index (κ2) is 5.20. The maximum atomic E-state index is 7.01. The first-order valence-electron chi connectivity index (χ1n) is 3.98. The van der Waals surface area contributed by atoms with E-state index in [9.17, 15) is 0 Å². The van der Waals surface area contributed by atoms with Gasteiger partial charge in [0.1, 0.15) is 0 Å². The molecule has 0 aliphatic heterocycles. The van der Waals surface area contributed by atoms with Gasteiger partial charge in [0, 0.05) is 6.04 Å². The van der Waals surface area contributed by atoms with E-state index >= 15 is 0 Å². The summed E-state index contributed by atoms with van der Waals surface area (Å²) in [6.45, 7) is 3.88. The van der Waals surface area contributed by atoms with Crippen LogP contribution in [0.25, 0.3) is 0 Å². The maximum absolute atomic E-state index is 7.01. The zero-order chi connectivity index (χ0) is 10.4. The Morgan fingerprint density at radius 3 is 1.92 bits per heavy atom. The van der Waals surface area contributed by atoms with Crippen molar-refractivity contribution >= 4 is 11.9 Å². The zero-order valence-corrected chi connectivity index (χ0v) is 7.89. The van der Waals surface area contributed by atoms with Gasteiger partial charge in [0.05, 0.1) is 0 Å². The number of nitrogens with one attached hydrogen (secondary N) is 4. The van der Waals surface area contributed by atoms with Crippen LogP contribution in [0.15, 0.2) is 0 Å². The fourth-order valence-corrected chi connectivity index (χ4v) is 0.690. The molecule has 76 valence electrons. The van der Waals surface area contributed by atoms with Gasteiger partial charge in [0.2, 0.25) is 11.9 Å². The van der Waals surface area contributed by atoms with Crippen LogP contribution in [0.5, 0.6) is 0 Å². The van der Waals surface area contributed by atoms with Crippen molar-refractivity contribution in [2.45, 2.75) is 26.3 Å². The summed E-state index contributed by atoms with van der Waals surface area (Å²) in [6, 6.07) is 0.0767. The quantitative estimate of drug-likeness (QED) is 0.189. The fourth-order valence-electron chi connectivity index (χ4n) is 0.690. The molecule has 0 fully saturated rings. The van der Waals surface area contributed by atoms with Gasteiger partial charge < -0.3 is 11.5 Å². The van der Waals surface area contributed by atoms with Crippen LogP contribution in [-0.4, -0.2) is 23.1 Å². The molecule has 0 rings (SSSR count). The molecule has 1 unspecified atom stereocenters. The number of guanidine groups is 2. The van der Waals surface area contributed by atoms with Crippen molar-refractivity contribution in [1.29, 1.82) is 10.8 Å². The average Bonchev–Trinajstić information content (AvgIpc) is 2.00. The first-order chi connectivity index (χ1) is 5.97. The van der Waals surface area contributed by atoms with Crippen LogP contribution in [-0.2, 0) is 0 Å². The van der Waals surface area contributed by atoms with Crippen LogP contribution in [0.2, 0.25) is 0 Å². The summed E-state index contributed by atoms with van der Waals surface area (Å²) in [6.07, 6.45) is 0.834. The first kappa shape index (κ1) is 11.5. The molecule has 0 heterocycles. The van der Waals surface area contributed by atoms with Gasteiger partial charge in [-0.25, -0.2) is 0 Å². The third-order valence-electron chi connectivity index (χ3n) is 1.51. The molecule has 0 bridgehead atoms. The van der Waals surface area contributed by atoms with Crippen molar-refractivity contribution in [2.75, 3.05) is 0 Å². The highest BCUT2D eigenvalue weighted by atomic mass is 15.8. The summed E-state index contributed by atoms with van der Waals surface area (Å²) < 4.78 is 0. The Morgan fingerprint density at radius 2 is 1.69 bits per heavy atom. The Kier molecular flexibility index (Phi) is 4.60. The van der Waals surface area contributed by atoms with Gasteiger partial charge in [-0.2, -0.15) is 0 Å². The highest BCUT2D eigenvalue weighted by Crippen LogP contribution is 1.95. The number of hydrogen-bond acceptors (Lipinski definition) is 3. The molecule has 13 heavy (non-hydrogen) atoms. The van der Waals surface area contributed by atoms with Crippen molar-refractivity contribution in [3.63, 3.8) is 0 Å². The molecule has 0 aromatic carbocycles. The highest BCUT2D eigenvalue weighted by Gasteiger charge is 2.12. The van der Waals surface area contributed by atoms with Gasteiger partial charge in [-0.05, 0) is 13.3 Å². The molecular weight excluding hydrogens is 170 g/mol. The summed E-state index contributed by atoms with van der Waals surface area (Å²) in [7, 11) is 0. The molecule has 0 saturated carbocycles. The fraction of sp³-hybridized carbons (Fsp3) is 0.667. The lowest BCUT2D eigenvalue weighted by Crippen LogP contribution is -2.59. The molecule has 8 N–H and O–H groups in total. The lowest BCUT2D eigenvalue weighted by molar-refractivity contribution is 0.130. The molecule has 1 atom stereocenters. The summed E-state index contributed by atoms with van der Waals surface area (Å²) in [4.78, 5) is 0.